The molecule has 2 heterocycles. The van der Waals surface area contributed by atoms with E-state index in [9.17, 15) is 14.4 Å². The smallest absolute Gasteiger partial charge is 0.289 e. The van der Waals surface area contributed by atoms with Crippen molar-refractivity contribution in [2.24, 2.45) is 0 Å². The van der Waals surface area contributed by atoms with E-state index in [0.29, 0.717) is 44.1 Å². The van der Waals surface area contributed by atoms with E-state index in [1.54, 1.807) is 16.7 Å². The van der Waals surface area contributed by atoms with E-state index in [-0.39, 0.29) is 29.6 Å². The van der Waals surface area contributed by atoms with Gasteiger partial charge < -0.3 is 19.0 Å². The highest BCUT2D eigenvalue weighted by Gasteiger charge is 2.24. The van der Waals surface area contributed by atoms with Gasteiger partial charge in [0.1, 0.15) is 11.5 Å². The first-order chi connectivity index (χ1) is 13.4. The normalized spacial score (nSPS) is 14.5. The second-order valence-electron chi connectivity index (χ2n) is 6.85. The monoisotopic (exact) mass is 384 g/mol. The summed E-state index contributed by atoms with van der Waals surface area (Å²) in [5, 5.41) is 0. The zero-order valence-corrected chi connectivity index (χ0v) is 16.1. The van der Waals surface area contributed by atoms with Crippen LogP contribution in [-0.4, -0.2) is 54.4 Å². The molecule has 0 aliphatic carbocycles. The van der Waals surface area contributed by atoms with Crippen LogP contribution in [0.2, 0.25) is 0 Å². The molecule has 1 aliphatic rings. The summed E-state index contributed by atoms with van der Waals surface area (Å²) in [6.07, 6.45) is 0.651. The van der Waals surface area contributed by atoms with Crippen molar-refractivity contribution in [1.82, 2.24) is 9.80 Å². The molecule has 148 valence electrons. The average molecular weight is 384 g/mol. The standard InChI is InChI=1S/C21H24N2O5/c1-15-6-3-4-7-18(15)27-14-20(25)22-8-5-9-23(11-10-22)21(26)19-13-17(24)12-16(2)28-19/h3-4,6-7,12-13H,5,8-11,14H2,1-2H3. The van der Waals surface area contributed by atoms with Gasteiger partial charge in [-0.3, -0.25) is 14.4 Å². The van der Waals surface area contributed by atoms with Gasteiger partial charge in [-0.05, 0) is 31.9 Å². The maximum absolute atomic E-state index is 12.6. The number of carbonyl (C=O) groups is 2. The highest BCUT2D eigenvalue weighted by Crippen LogP contribution is 2.16. The summed E-state index contributed by atoms with van der Waals surface area (Å²) in [6.45, 7) is 5.38. The number of hydrogen-bond acceptors (Lipinski definition) is 5. The summed E-state index contributed by atoms with van der Waals surface area (Å²) in [6, 6.07) is 10.1. The first kappa shape index (κ1) is 19.7. The van der Waals surface area contributed by atoms with Gasteiger partial charge in [-0.2, -0.15) is 0 Å². The van der Waals surface area contributed by atoms with Crippen LogP contribution in [0.1, 0.15) is 28.3 Å². The van der Waals surface area contributed by atoms with Gasteiger partial charge in [0, 0.05) is 38.3 Å². The van der Waals surface area contributed by atoms with Gasteiger partial charge in [-0.25, -0.2) is 0 Å². The Balaban J connectivity index is 1.58. The minimum absolute atomic E-state index is 0.0349. The molecule has 0 saturated carbocycles. The first-order valence-electron chi connectivity index (χ1n) is 9.31. The molecule has 0 atom stereocenters. The van der Waals surface area contributed by atoms with E-state index >= 15 is 0 Å². The van der Waals surface area contributed by atoms with Crippen LogP contribution >= 0.6 is 0 Å². The van der Waals surface area contributed by atoms with Crippen LogP contribution in [0, 0.1) is 13.8 Å². The molecule has 2 amide bonds. The fraction of sp³-hybridized carbons (Fsp3) is 0.381. The van der Waals surface area contributed by atoms with Gasteiger partial charge in [0.05, 0.1) is 0 Å². The largest absolute Gasteiger partial charge is 0.484 e. The number of carbonyl (C=O) groups excluding carboxylic acids is 2. The molecule has 1 fully saturated rings. The highest BCUT2D eigenvalue weighted by molar-refractivity contribution is 5.91. The predicted molar refractivity (Wildman–Crippen MR) is 103 cm³/mol. The molecule has 1 aliphatic heterocycles. The molecular weight excluding hydrogens is 360 g/mol. The van der Waals surface area contributed by atoms with E-state index in [1.165, 1.54) is 12.1 Å². The molecule has 1 saturated heterocycles. The van der Waals surface area contributed by atoms with Crippen LogP contribution in [0.15, 0.2) is 45.6 Å². The topological polar surface area (TPSA) is 80.1 Å². The maximum atomic E-state index is 12.6. The molecule has 1 aromatic carbocycles. The quantitative estimate of drug-likeness (QED) is 0.806. The SMILES string of the molecule is Cc1cc(=O)cc(C(=O)N2CCCN(C(=O)COc3ccccc3C)CC2)o1. The summed E-state index contributed by atoms with van der Waals surface area (Å²) in [4.78, 5) is 40.1. The summed E-state index contributed by atoms with van der Waals surface area (Å²) in [5.41, 5.74) is 0.717. The number of para-hydroxylation sites is 1. The van der Waals surface area contributed by atoms with Gasteiger partial charge in [-0.1, -0.05) is 18.2 Å². The Hall–Kier alpha value is -3.09. The maximum Gasteiger partial charge on any atom is 0.289 e. The summed E-state index contributed by atoms with van der Waals surface area (Å²) < 4.78 is 11.0. The van der Waals surface area contributed by atoms with E-state index in [1.807, 2.05) is 31.2 Å². The molecular formula is C21H24N2O5. The molecule has 7 nitrogen and oxygen atoms in total. The van der Waals surface area contributed by atoms with Crippen LogP contribution in [0.4, 0.5) is 0 Å². The van der Waals surface area contributed by atoms with Crippen molar-refractivity contribution in [2.45, 2.75) is 20.3 Å². The van der Waals surface area contributed by atoms with Crippen molar-refractivity contribution >= 4 is 11.8 Å². The zero-order valence-electron chi connectivity index (χ0n) is 16.1. The molecule has 0 unspecified atom stereocenters. The fourth-order valence-corrected chi connectivity index (χ4v) is 3.18. The van der Waals surface area contributed by atoms with Crippen LogP contribution in [0.3, 0.4) is 0 Å². The number of amides is 2. The average Bonchev–Trinajstić information content (AvgIpc) is 2.92. The van der Waals surface area contributed by atoms with Crippen LogP contribution in [-0.2, 0) is 4.79 Å². The lowest BCUT2D eigenvalue weighted by atomic mass is 10.2. The Labute approximate surface area is 163 Å². The fourth-order valence-electron chi connectivity index (χ4n) is 3.18. The van der Waals surface area contributed by atoms with Crippen molar-refractivity contribution in [3.8, 4) is 5.75 Å². The van der Waals surface area contributed by atoms with Crippen molar-refractivity contribution in [1.29, 1.82) is 0 Å². The minimum atomic E-state index is -0.328. The third-order valence-corrected chi connectivity index (χ3v) is 4.68. The van der Waals surface area contributed by atoms with Crippen molar-refractivity contribution < 1.29 is 18.7 Å². The lowest BCUT2D eigenvalue weighted by Gasteiger charge is -2.22. The number of benzene rings is 1. The first-order valence-corrected chi connectivity index (χ1v) is 9.31. The number of hydrogen-bond donors (Lipinski definition) is 0. The molecule has 0 spiro atoms. The van der Waals surface area contributed by atoms with Crippen molar-refractivity contribution in [3.63, 3.8) is 0 Å². The molecule has 2 aromatic rings. The minimum Gasteiger partial charge on any atom is -0.484 e. The summed E-state index contributed by atoms with van der Waals surface area (Å²) in [7, 11) is 0. The number of rotatable bonds is 4. The molecule has 0 bridgehead atoms. The van der Waals surface area contributed by atoms with Crippen molar-refractivity contribution in [2.75, 3.05) is 32.8 Å². The Morgan fingerprint density at radius 3 is 2.50 bits per heavy atom. The Morgan fingerprint density at radius 1 is 1.04 bits per heavy atom. The van der Waals surface area contributed by atoms with E-state index in [0.717, 1.165) is 5.56 Å². The van der Waals surface area contributed by atoms with Crippen molar-refractivity contribution in [3.05, 3.63) is 63.7 Å². The second kappa shape index (κ2) is 8.73. The third-order valence-electron chi connectivity index (χ3n) is 4.68. The lowest BCUT2D eigenvalue weighted by Crippen LogP contribution is -2.39. The molecule has 1 aromatic heterocycles. The number of ether oxygens (including phenoxy) is 1. The lowest BCUT2D eigenvalue weighted by molar-refractivity contribution is -0.133. The molecule has 7 heteroatoms. The summed E-state index contributed by atoms with van der Waals surface area (Å²) >= 11 is 0. The molecule has 28 heavy (non-hydrogen) atoms. The molecule has 0 N–H and O–H groups in total. The van der Waals surface area contributed by atoms with Gasteiger partial charge in [0.2, 0.25) is 0 Å². The Morgan fingerprint density at radius 2 is 1.75 bits per heavy atom. The van der Waals surface area contributed by atoms with E-state index in [2.05, 4.69) is 0 Å². The van der Waals surface area contributed by atoms with Crippen LogP contribution < -0.4 is 10.2 Å². The van der Waals surface area contributed by atoms with Gasteiger partial charge in [0.15, 0.2) is 17.8 Å². The van der Waals surface area contributed by atoms with Gasteiger partial charge in [0.25, 0.3) is 11.8 Å². The zero-order chi connectivity index (χ0) is 20.1. The highest BCUT2D eigenvalue weighted by atomic mass is 16.5. The van der Waals surface area contributed by atoms with Gasteiger partial charge >= 0.3 is 0 Å². The number of aryl methyl sites for hydroxylation is 2. The predicted octanol–water partition coefficient (Wildman–Crippen LogP) is 2.01. The third kappa shape index (κ3) is 4.79. The Kier molecular flexibility index (Phi) is 6.13. The molecule has 0 radical (unpaired) electrons. The second-order valence-corrected chi connectivity index (χ2v) is 6.85. The van der Waals surface area contributed by atoms with Crippen LogP contribution in [0.25, 0.3) is 0 Å². The Bertz CT molecular complexity index is 921. The molecule has 3 rings (SSSR count). The number of nitrogens with zero attached hydrogens (tertiary/aromatic N) is 2. The summed E-state index contributed by atoms with van der Waals surface area (Å²) in [5.74, 6) is 0.686. The van der Waals surface area contributed by atoms with E-state index in [4.69, 9.17) is 9.15 Å². The van der Waals surface area contributed by atoms with Gasteiger partial charge in [-0.15, -0.1) is 0 Å². The van der Waals surface area contributed by atoms with Crippen LogP contribution in [0.5, 0.6) is 5.75 Å². The van der Waals surface area contributed by atoms with E-state index < -0.39 is 0 Å².